The van der Waals surface area contributed by atoms with E-state index in [0.29, 0.717) is 16.7 Å². The largest absolute Gasteiger partial charge is 0.491 e. The van der Waals surface area contributed by atoms with Gasteiger partial charge in [0.05, 0.1) is 19.2 Å². The Bertz CT molecular complexity index is 693. The van der Waals surface area contributed by atoms with Crippen molar-refractivity contribution in [1.82, 2.24) is 4.57 Å². The average Bonchev–Trinajstić information content (AvgIpc) is 2.42. The number of hydrogen-bond donors (Lipinski definition) is 0. The van der Waals surface area contributed by atoms with Crippen LogP contribution in [0.3, 0.4) is 0 Å². The lowest BCUT2D eigenvalue weighted by Crippen LogP contribution is -2.24. The lowest BCUT2D eigenvalue weighted by molar-refractivity contribution is -0.138. The Morgan fingerprint density at radius 1 is 1.24 bits per heavy atom. The predicted octanol–water partition coefficient (Wildman–Crippen LogP) is 3.58. The third kappa shape index (κ3) is 3.58. The summed E-state index contributed by atoms with van der Waals surface area (Å²) in [6.07, 6.45) is -3.78. The minimum Gasteiger partial charge on any atom is -0.491 e. The standard InChI is InChI=1S/C14H11ClF3NO2/c1-21-12-6-10(14(16,17)18)8-19(13(12)20)7-9-2-4-11(15)5-3-9/h2-6,8H,7H2,1H3. The summed E-state index contributed by atoms with van der Waals surface area (Å²) in [6.45, 7) is -0.00369. The molecule has 1 heterocycles. The fraction of sp³-hybridized carbons (Fsp3) is 0.214. The van der Waals surface area contributed by atoms with Gasteiger partial charge in [-0.1, -0.05) is 23.7 Å². The zero-order valence-electron chi connectivity index (χ0n) is 10.9. The molecule has 2 aromatic rings. The molecule has 2 rings (SSSR count). The van der Waals surface area contributed by atoms with Gasteiger partial charge >= 0.3 is 6.18 Å². The predicted molar refractivity (Wildman–Crippen MR) is 72.8 cm³/mol. The lowest BCUT2D eigenvalue weighted by Gasteiger charge is -2.13. The number of pyridine rings is 1. The molecule has 0 aliphatic rings. The van der Waals surface area contributed by atoms with Gasteiger partial charge in [0, 0.05) is 11.2 Å². The van der Waals surface area contributed by atoms with Crippen LogP contribution in [0.2, 0.25) is 5.02 Å². The van der Waals surface area contributed by atoms with Crippen molar-refractivity contribution >= 4 is 11.6 Å². The Kier molecular flexibility index (Phi) is 4.27. The molecule has 0 unspecified atom stereocenters. The molecular formula is C14H11ClF3NO2. The van der Waals surface area contributed by atoms with Gasteiger partial charge in [0.25, 0.3) is 5.56 Å². The first-order valence-electron chi connectivity index (χ1n) is 5.91. The first kappa shape index (κ1) is 15.4. The monoisotopic (exact) mass is 317 g/mol. The molecule has 0 fully saturated rings. The first-order valence-corrected chi connectivity index (χ1v) is 6.29. The Balaban J connectivity index is 2.47. The molecule has 0 aliphatic carbocycles. The summed E-state index contributed by atoms with van der Waals surface area (Å²) in [6, 6.07) is 7.18. The molecule has 1 aromatic carbocycles. The van der Waals surface area contributed by atoms with Crippen molar-refractivity contribution < 1.29 is 17.9 Å². The molecule has 21 heavy (non-hydrogen) atoms. The molecule has 0 atom stereocenters. The van der Waals surface area contributed by atoms with Crippen molar-refractivity contribution in [1.29, 1.82) is 0 Å². The highest BCUT2D eigenvalue weighted by Crippen LogP contribution is 2.30. The molecule has 3 nitrogen and oxygen atoms in total. The summed E-state index contributed by atoms with van der Waals surface area (Å²) >= 11 is 5.74. The number of halogens is 4. The van der Waals surface area contributed by atoms with E-state index >= 15 is 0 Å². The van der Waals surface area contributed by atoms with Gasteiger partial charge in [-0.25, -0.2) is 0 Å². The SMILES string of the molecule is COc1cc(C(F)(F)F)cn(Cc2ccc(Cl)cc2)c1=O. The summed E-state index contributed by atoms with van der Waals surface area (Å²) in [5.41, 5.74) is -0.906. The van der Waals surface area contributed by atoms with E-state index < -0.39 is 17.3 Å². The fourth-order valence-electron chi connectivity index (χ4n) is 1.81. The Morgan fingerprint density at radius 3 is 2.38 bits per heavy atom. The molecule has 112 valence electrons. The zero-order chi connectivity index (χ0) is 15.6. The Morgan fingerprint density at radius 2 is 1.86 bits per heavy atom. The number of nitrogens with zero attached hydrogens (tertiary/aromatic N) is 1. The highest BCUT2D eigenvalue weighted by atomic mass is 35.5. The number of hydrogen-bond acceptors (Lipinski definition) is 2. The van der Waals surface area contributed by atoms with Gasteiger partial charge in [0.2, 0.25) is 0 Å². The number of benzene rings is 1. The van der Waals surface area contributed by atoms with Crippen molar-refractivity contribution in [2.45, 2.75) is 12.7 Å². The van der Waals surface area contributed by atoms with E-state index in [9.17, 15) is 18.0 Å². The van der Waals surface area contributed by atoms with Crippen molar-refractivity contribution in [3.8, 4) is 5.75 Å². The van der Waals surface area contributed by atoms with Gasteiger partial charge in [-0.3, -0.25) is 4.79 Å². The van der Waals surface area contributed by atoms with Crippen LogP contribution in [0.1, 0.15) is 11.1 Å². The molecule has 7 heteroatoms. The topological polar surface area (TPSA) is 31.2 Å². The maximum absolute atomic E-state index is 12.8. The van der Waals surface area contributed by atoms with Gasteiger partial charge in [0.1, 0.15) is 0 Å². The first-order chi connectivity index (χ1) is 9.81. The van der Waals surface area contributed by atoms with Crippen LogP contribution in [0.4, 0.5) is 13.2 Å². The van der Waals surface area contributed by atoms with Gasteiger partial charge < -0.3 is 9.30 Å². The van der Waals surface area contributed by atoms with Crippen LogP contribution in [0.5, 0.6) is 5.75 Å². The van der Waals surface area contributed by atoms with E-state index in [1.54, 1.807) is 24.3 Å². The molecule has 0 bridgehead atoms. The van der Waals surface area contributed by atoms with E-state index in [0.717, 1.165) is 17.9 Å². The van der Waals surface area contributed by atoms with Crippen LogP contribution in [0.25, 0.3) is 0 Å². The van der Waals surface area contributed by atoms with Crippen molar-refractivity contribution in [2.75, 3.05) is 7.11 Å². The fourth-order valence-corrected chi connectivity index (χ4v) is 1.94. The summed E-state index contributed by atoms with van der Waals surface area (Å²) < 4.78 is 44.1. The average molecular weight is 318 g/mol. The summed E-state index contributed by atoms with van der Waals surface area (Å²) in [5, 5.41) is 0.507. The molecule has 1 aromatic heterocycles. The maximum Gasteiger partial charge on any atom is 0.417 e. The van der Waals surface area contributed by atoms with Crippen LogP contribution in [0.15, 0.2) is 41.3 Å². The molecule has 0 amide bonds. The molecule has 0 N–H and O–H groups in total. The molecule has 0 spiro atoms. The third-order valence-corrected chi connectivity index (χ3v) is 3.12. The number of methoxy groups -OCH3 is 1. The summed E-state index contributed by atoms with van der Waals surface area (Å²) in [7, 11) is 1.16. The van der Waals surface area contributed by atoms with Crippen molar-refractivity contribution in [3.63, 3.8) is 0 Å². The van der Waals surface area contributed by atoms with Gasteiger partial charge in [0.15, 0.2) is 5.75 Å². The quantitative estimate of drug-likeness (QED) is 0.866. The summed E-state index contributed by atoms with van der Waals surface area (Å²) in [4.78, 5) is 12.0. The minimum atomic E-state index is -4.55. The molecule has 0 saturated heterocycles. The number of alkyl halides is 3. The molecule has 0 aliphatic heterocycles. The van der Waals surface area contributed by atoms with Crippen LogP contribution in [-0.4, -0.2) is 11.7 Å². The van der Waals surface area contributed by atoms with Crippen LogP contribution in [0, 0.1) is 0 Å². The highest BCUT2D eigenvalue weighted by molar-refractivity contribution is 6.30. The Labute approximate surface area is 123 Å². The van der Waals surface area contributed by atoms with Gasteiger partial charge in [-0.2, -0.15) is 13.2 Å². The second kappa shape index (κ2) is 5.81. The molecule has 0 saturated carbocycles. The number of rotatable bonds is 3. The van der Waals surface area contributed by atoms with E-state index in [4.69, 9.17) is 16.3 Å². The second-order valence-electron chi connectivity index (χ2n) is 4.35. The van der Waals surface area contributed by atoms with E-state index in [1.165, 1.54) is 0 Å². The third-order valence-electron chi connectivity index (χ3n) is 2.87. The van der Waals surface area contributed by atoms with E-state index in [1.807, 2.05) is 0 Å². The number of ether oxygens (including phenoxy) is 1. The smallest absolute Gasteiger partial charge is 0.417 e. The van der Waals surface area contributed by atoms with E-state index in [2.05, 4.69) is 0 Å². The lowest BCUT2D eigenvalue weighted by atomic mass is 10.2. The van der Waals surface area contributed by atoms with Gasteiger partial charge in [-0.05, 0) is 23.8 Å². The number of aromatic nitrogens is 1. The highest BCUT2D eigenvalue weighted by Gasteiger charge is 2.32. The molecular weight excluding hydrogens is 307 g/mol. The normalized spacial score (nSPS) is 11.5. The summed E-state index contributed by atoms with van der Waals surface area (Å²) in [5.74, 6) is -0.348. The second-order valence-corrected chi connectivity index (χ2v) is 4.79. The van der Waals surface area contributed by atoms with Crippen molar-refractivity contribution in [2.24, 2.45) is 0 Å². The Hall–Kier alpha value is -1.95. The zero-order valence-corrected chi connectivity index (χ0v) is 11.7. The van der Waals surface area contributed by atoms with Crippen LogP contribution < -0.4 is 10.3 Å². The van der Waals surface area contributed by atoms with Crippen LogP contribution in [-0.2, 0) is 12.7 Å². The maximum atomic E-state index is 12.8. The van der Waals surface area contributed by atoms with Crippen molar-refractivity contribution in [3.05, 3.63) is 63.0 Å². The molecule has 0 radical (unpaired) electrons. The van der Waals surface area contributed by atoms with E-state index in [-0.39, 0.29) is 12.3 Å². The minimum absolute atomic E-state index is 0.00369. The van der Waals surface area contributed by atoms with Gasteiger partial charge in [-0.15, -0.1) is 0 Å². The van der Waals surface area contributed by atoms with Crippen LogP contribution >= 0.6 is 11.6 Å².